The first-order valence-electron chi connectivity index (χ1n) is 5.79. The van der Waals surface area contributed by atoms with Crippen molar-refractivity contribution < 1.29 is 0 Å². The molecule has 0 aromatic heterocycles. The van der Waals surface area contributed by atoms with Gasteiger partial charge in [0.1, 0.15) is 0 Å². The van der Waals surface area contributed by atoms with Crippen molar-refractivity contribution in [2.75, 3.05) is 6.26 Å². The predicted molar refractivity (Wildman–Crippen MR) is 82.5 cm³/mol. The molecule has 18 heavy (non-hydrogen) atoms. The van der Waals surface area contributed by atoms with Gasteiger partial charge in [-0.1, -0.05) is 54.6 Å². The van der Waals surface area contributed by atoms with Gasteiger partial charge in [0, 0.05) is 0 Å². The van der Waals surface area contributed by atoms with Crippen LogP contribution >= 0.6 is 11.8 Å². The summed E-state index contributed by atoms with van der Waals surface area (Å²) in [6.07, 6.45) is 6.17. The van der Waals surface area contributed by atoms with Crippen LogP contribution in [0.1, 0.15) is 5.56 Å². The second kappa shape index (κ2) is 6.82. The summed E-state index contributed by atoms with van der Waals surface area (Å²) in [6.45, 7) is 0. The van der Waals surface area contributed by atoms with Crippen molar-refractivity contribution >= 4 is 28.6 Å². The van der Waals surface area contributed by atoms with E-state index in [0.717, 1.165) is 10.7 Å². The molecular formula is C16H15NS. The molecule has 0 amide bonds. The Morgan fingerprint density at radius 2 is 1.56 bits per heavy atom. The number of para-hydroxylation sites is 1. The van der Waals surface area contributed by atoms with Crippen LogP contribution in [0.4, 0.5) is 5.69 Å². The van der Waals surface area contributed by atoms with Crippen LogP contribution in [0.3, 0.4) is 0 Å². The van der Waals surface area contributed by atoms with Crippen LogP contribution in [0.15, 0.2) is 71.7 Å². The van der Waals surface area contributed by atoms with Crippen molar-refractivity contribution in [2.24, 2.45) is 4.99 Å². The number of thioether (sulfide) groups is 1. The largest absolute Gasteiger partial charge is 0.242 e. The van der Waals surface area contributed by atoms with Gasteiger partial charge in [-0.2, -0.15) is 0 Å². The first-order chi connectivity index (χ1) is 8.88. The standard InChI is InChI=1S/C16H15NS/c1-18-16(17-15-10-6-3-7-11-15)13-12-14-8-4-2-5-9-14/h2-13H,1H3. The highest BCUT2D eigenvalue weighted by atomic mass is 32.2. The normalized spacial score (nSPS) is 11.9. The lowest BCUT2D eigenvalue weighted by Crippen LogP contribution is -1.83. The van der Waals surface area contributed by atoms with E-state index in [-0.39, 0.29) is 0 Å². The van der Waals surface area contributed by atoms with Crippen LogP contribution in [0.25, 0.3) is 6.08 Å². The van der Waals surface area contributed by atoms with E-state index >= 15 is 0 Å². The molecule has 2 heteroatoms. The quantitative estimate of drug-likeness (QED) is 0.565. The fourth-order valence-corrected chi connectivity index (χ4v) is 1.91. The lowest BCUT2D eigenvalue weighted by Gasteiger charge is -1.97. The van der Waals surface area contributed by atoms with Crippen LogP contribution < -0.4 is 0 Å². The van der Waals surface area contributed by atoms with Crippen LogP contribution in [0, 0.1) is 0 Å². The fraction of sp³-hybridized carbons (Fsp3) is 0.0625. The molecule has 0 N–H and O–H groups in total. The third kappa shape index (κ3) is 3.90. The van der Waals surface area contributed by atoms with Gasteiger partial charge >= 0.3 is 0 Å². The Hall–Kier alpha value is -1.80. The maximum Gasteiger partial charge on any atom is 0.0964 e. The molecule has 2 aromatic carbocycles. The molecule has 0 saturated heterocycles. The van der Waals surface area contributed by atoms with Crippen molar-refractivity contribution in [3.05, 3.63) is 72.3 Å². The minimum Gasteiger partial charge on any atom is -0.242 e. The fourth-order valence-electron chi connectivity index (χ4n) is 1.51. The molecule has 0 aliphatic heterocycles. The average molecular weight is 253 g/mol. The van der Waals surface area contributed by atoms with E-state index in [2.05, 4.69) is 23.2 Å². The minimum atomic E-state index is 0.986. The molecule has 2 rings (SSSR count). The van der Waals surface area contributed by atoms with Gasteiger partial charge in [-0.05, 0) is 30.0 Å². The van der Waals surface area contributed by atoms with E-state index < -0.39 is 0 Å². The van der Waals surface area contributed by atoms with Crippen molar-refractivity contribution in [3.63, 3.8) is 0 Å². The van der Waals surface area contributed by atoms with Crippen molar-refractivity contribution in [1.82, 2.24) is 0 Å². The van der Waals surface area contributed by atoms with Crippen molar-refractivity contribution in [2.45, 2.75) is 0 Å². The molecule has 2 aromatic rings. The van der Waals surface area contributed by atoms with E-state index in [1.54, 1.807) is 11.8 Å². The maximum absolute atomic E-state index is 4.58. The molecular weight excluding hydrogens is 238 g/mol. The molecule has 0 spiro atoms. The van der Waals surface area contributed by atoms with E-state index in [9.17, 15) is 0 Å². The van der Waals surface area contributed by atoms with Gasteiger partial charge in [0.2, 0.25) is 0 Å². The highest BCUT2D eigenvalue weighted by Crippen LogP contribution is 2.15. The first-order valence-corrected chi connectivity index (χ1v) is 7.02. The van der Waals surface area contributed by atoms with Gasteiger partial charge in [-0.3, -0.25) is 0 Å². The Kier molecular flexibility index (Phi) is 4.79. The number of aliphatic imine (C=N–C) groups is 1. The van der Waals surface area contributed by atoms with Gasteiger partial charge in [0.05, 0.1) is 10.7 Å². The van der Waals surface area contributed by atoms with Crippen LogP contribution in [0.5, 0.6) is 0 Å². The molecule has 1 nitrogen and oxygen atoms in total. The summed E-state index contributed by atoms with van der Waals surface area (Å²) >= 11 is 1.65. The number of benzene rings is 2. The lowest BCUT2D eigenvalue weighted by molar-refractivity contribution is 1.54. The molecule has 0 atom stereocenters. The summed E-state index contributed by atoms with van der Waals surface area (Å²) < 4.78 is 0. The molecule has 0 bridgehead atoms. The topological polar surface area (TPSA) is 12.4 Å². The Morgan fingerprint density at radius 3 is 2.17 bits per heavy atom. The summed E-state index contributed by atoms with van der Waals surface area (Å²) in [5.74, 6) is 0. The number of nitrogens with zero attached hydrogens (tertiary/aromatic N) is 1. The number of hydrogen-bond donors (Lipinski definition) is 0. The van der Waals surface area contributed by atoms with Gasteiger partial charge in [-0.25, -0.2) is 4.99 Å². The summed E-state index contributed by atoms with van der Waals surface area (Å²) in [4.78, 5) is 4.58. The van der Waals surface area contributed by atoms with Gasteiger partial charge in [-0.15, -0.1) is 11.8 Å². The van der Waals surface area contributed by atoms with Crippen LogP contribution in [0.2, 0.25) is 0 Å². The zero-order valence-electron chi connectivity index (χ0n) is 10.3. The summed E-state index contributed by atoms with van der Waals surface area (Å²) in [5, 5.41) is 1.00. The van der Waals surface area contributed by atoms with Gasteiger partial charge in [0.25, 0.3) is 0 Å². The Balaban J connectivity index is 2.15. The van der Waals surface area contributed by atoms with Crippen molar-refractivity contribution in [1.29, 1.82) is 0 Å². The average Bonchev–Trinajstić information content (AvgIpc) is 2.45. The Morgan fingerprint density at radius 1 is 0.944 bits per heavy atom. The maximum atomic E-state index is 4.58. The molecule has 0 unspecified atom stereocenters. The molecule has 0 aliphatic carbocycles. The van der Waals surface area contributed by atoms with Crippen LogP contribution in [-0.2, 0) is 0 Å². The Bertz CT molecular complexity index is 530. The smallest absolute Gasteiger partial charge is 0.0964 e. The molecule has 0 radical (unpaired) electrons. The lowest BCUT2D eigenvalue weighted by atomic mass is 10.2. The highest BCUT2D eigenvalue weighted by Gasteiger charge is 1.93. The number of rotatable bonds is 3. The molecule has 0 saturated carbocycles. The molecule has 0 aliphatic rings. The second-order valence-corrected chi connectivity index (χ2v) is 4.56. The predicted octanol–water partition coefficient (Wildman–Crippen LogP) is 4.79. The first kappa shape index (κ1) is 12.7. The third-order valence-electron chi connectivity index (χ3n) is 2.42. The minimum absolute atomic E-state index is 0.986. The van der Waals surface area contributed by atoms with E-state index in [1.165, 1.54) is 5.56 Å². The summed E-state index contributed by atoms with van der Waals surface area (Å²) in [5.41, 5.74) is 2.17. The zero-order chi connectivity index (χ0) is 12.6. The summed E-state index contributed by atoms with van der Waals surface area (Å²) in [6, 6.07) is 20.3. The SMILES string of the molecule is CSC(C=Cc1ccccc1)=Nc1ccccc1. The second-order valence-electron chi connectivity index (χ2n) is 3.73. The monoisotopic (exact) mass is 253 g/mol. The van der Waals surface area contributed by atoms with Crippen molar-refractivity contribution in [3.8, 4) is 0 Å². The zero-order valence-corrected chi connectivity index (χ0v) is 11.1. The summed E-state index contributed by atoms with van der Waals surface area (Å²) in [7, 11) is 0. The van der Waals surface area contributed by atoms with E-state index in [4.69, 9.17) is 0 Å². The Labute approximate surface area is 112 Å². The van der Waals surface area contributed by atoms with E-state index in [1.807, 2.05) is 60.9 Å². The third-order valence-corrected chi connectivity index (χ3v) is 3.07. The number of hydrogen-bond acceptors (Lipinski definition) is 2. The highest BCUT2D eigenvalue weighted by molar-refractivity contribution is 8.13. The molecule has 0 heterocycles. The van der Waals surface area contributed by atoms with Gasteiger partial charge < -0.3 is 0 Å². The molecule has 0 fully saturated rings. The van der Waals surface area contributed by atoms with Crippen LogP contribution in [-0.4, -0.2) is 11.3 Å². The molecule has 90 valence electrons. The van der Waals surface area contributed by atoms with Gasteiger partial charge in [0.15, 0.2) is 0 Å². The van der Waals surface area contributed by atoms with E-state index in [0.29, 0.717) is 0 Å².